The molecule has 0 aromatic heterocycles. The number of nitrogens with one attached hydrogen (secondary N) is 5. The van der Waals surface area contributed by atoms with E-state index in [2.05, 4.69) is 31.1 Å². The van der Waals surface area contributed by atoms with Crippen molar-refractivity contribution >= 4 is 50.1 Å². The summed E-state index contributed by atoms with van der Waals surface area (Å²) in [6.07, 6.45) is -15.1. The van der Waals surface area contributed by atoms with Crippen molar-refractivity contribution in [3.05, 3.63) is 0 Å². The molecule has 0 aromatic rings. The molecule has 0 aliphatic carbocycles. The molecule has 63 heavy (non-hydrogen) atoms. The molecule has 364 valence electrons. The minimum atomic E-state index is -5.73. The Morgan fingerprint density at radius 3 is 1.92 bits per heavy atom. The number of hydrogen-bond donors (Lipinski definition) is 12. The van der Waals surface area contributed by atoms with Gasteiger partial charge < -0.3 is 90.1 Å². The molecule has 2 fully saturated rings. The van der Waals surface area contributed by atoms with Gasteiger partial charge in [-0.3, -0.25) is 28.5 Å². The van der Waals surface area contributed by atoms with E-state index in [0.29, 0.717) is 26.6 Å². The lowest BCUT2D eigenvalue weighted by molar-refractivity contribution is -0.330. The number of ether oxygens (including phenoxy) is 5. The highest BCUT2D eigenvalue weighted by Crippen LogP contribution is 2.78. The zero-order valence-electron chi connectivity index (χ0n) is 35.5. The number of methoxy groups -OCH3 is 1. The van der Waals surface area contributed by atoms with E-state index in [4.69, 9.17) is 28.2 Å². The van der Waals surface area contributed by atoms with Gasteiger partial charge in [0.2, 0.25) is 29.5 Å². The van der Waals surface area contributed by atoms with E-state index >= 15 is 0 Å². The molecule has 2 aliphatic rings. The zero-order valence-corrected chi connectivity index (χ0v) is 37.3. The quantitative estimate of drug-likeness (QED) is 0.0291. The van der Waals surface area contributed by atoms with Crippen molar-refractivity contribution in [1.29, 1.82) is 0 Å². The Bertz CT molecular complexity index is 1650. The summed E-state index contributed by atoms with van der Waals surface area (Å²) in [5, 5.41) is 63.1. The molecule has 2 aliphatic heterocycles. The molecule has 0 saturated carbocycles. The summed E-state index contributed by atoms with van der Waals surface area (Å²) in [6.45, 7) is 2.89. The van der Waals surface area contributed by atoms with Crippen LogP contribution in [-0.2, 0) is 70.6 Å². The summed E-state index contributed by atoms with van der Waals surface area (Å²) < 4.78 is 63.1. The lowest BCUT2D eigenvalue weighted by atomic mass is 9.94. The SMILES string of the molecule is COCCCC[C@H](NC(=O)CCCNC(=O)[C@H](C)NC(=O)[C@@H](C)O[C@H]1C(O[C@@H]2O[C@H](CO)[C@@H](O)[C@H](O)[C@H]2NC(C)=O)[C@@H](CO)O[C@H](OP(=O)(O)P(=O)(O)OC)[C@@H]1NC(C)=O)C(=O)O. The van der Waals surface area contributed by atoms with Gasteiger partial charge in [0.05, 0.1) is 13.2 Å². The van der Waals surface area contributed by atoms with Gasteiger partial charge >= 0.3 is 20.5 Å². The van der Waals surface area contributed by atoms with Crippen LogP contribution in [0.2, 0.25) is 0 Å². The molecule has 29 heteroatoms. The van der Waals surface area contributed by atoms with E-state index in [9.17, 15) is 73.2 Å². The average Bonchev–Trinajstić information content (AvgIpc) is 3.21. The van der Waals surface area contributed by atoms with E-state index in [1.807, 2.05) is 0 Å². The Balaban J connectivity index is 2.34. The van der Waals surface area contributed by atoms with E-state index in [1.165, 1.54) is 14.0 Å². The number of aliphatic carboxylic acids is 1. The van der Waals surface area contributed by atoms with Gasteiger partial charge in [0.1, 0.15) is 66.9 Å². The van der Waals surface area contributed by atoms with Crippen LogP contribution in [0.5, 0.6) is 0 Å². The van der Waals surface area contributed by atoms with Gasteiger partial charge in [0.15, 0.2) is 12.6 Å². The number of carboxylic acids is 1. The molecule has 2 heterocycles. The number of unbranched alkanes of at least 4 members (excludes halogenated alkanes) is 1. The molecule has 2 saturated heterocycles. The second kappa shape index (κ2) is 26.0. The topological polar surface area (TPSA) is 403 Å². The molecule has 0 radical (unpaired) electrons. The number of aliphatic hydroxyl groups excluding tert-OH is 4. The number of carbonyl (C=O) groups excluding carboxylic acids is 5. The minimum Gasteiger partial charge on any atom is -0.480 e. The lowest BCUT2D eigenvalue weighted by Crippen LogP contribution is -2.70. The number of carbonyl (C=O) groups is 6. The first-order valence-electron chi connectivity index (χ1n) is 19.7. The smallest absolute Gasteiger partial charge is 0.440 e. The summed E-state index contributed by atoms with van der Waals surface area (Å²) in [4.78, 5) is 95.5. The Labute approximate surface area is 362 Å². The van der Waals surface area contributed by atoms with Crippen molar-refractivity contribution in [2.75, 3.05) is 40.6 Å². The normalized spacial score (nSPS) is 29.4. The van der Waals surface area contributed by atoms with Crippen LogP contribution in [0.4, 0.5) is 0 Å². The second-order valence-electron chi connectivity index (χ2n) is 14.6. The molecule has 15 atom stereocenters. The number of amides is 5. The first-order chi connectivity index (χ1) is 29.4. The van der Waals surface area contributed by atoms with Crippen molar-refractivity contribution in [1.82, 2.24) is 26.6 Å². The summed E-state index contributed by atoms with van der Waals surface area (Å²) >= 11 is 0. The molecule has 12 N–H and O–H groups in total. The Kier molecular flexibility index (Phi) is 23.1. The molecule has 0 aromatic carbocycles. The largest absolute Gasteiger partial charge is 0.480 e. The van der Waals surface area contributed by atoms with Crippen LogP contribution in [0.1, 0.15) is 59.8 Å². The van der Waals surface area contributed by atoms with Crippen LogP contribution in [0, 0.1) is 0 Å². The minimum absolute atomic E-state index is 0.0579. The van der Waals surface area contributed by atoms with Crippen molar-refractivity contribution in [2.24, 2.45) is 0 Å². The summed E-state index contributed by atoms with van der Waals surface area (Å²) in [5.41, 5.74) is 0. The third-order valence-electron chi connectivity index (χ3n) is 9.62. The Hall–Kier alpha value is -3.24. The maximum atomic E-state index is 13.5. The average molecular weight is 954 g/mol. The third kappa shape index (κ3) is 16.6. The van der Waals surface area contributed by atoms with E-state index in [-0.39, 0.29) is 25.8 Å². The number of carboxylic acid groups (broad SMARTS) is 1. The van der Waals surface area contributed by atoms with Gasteiger partial charge in [-0.2, -0.15) is 0 Å². The maximum absolute atomic E-state index is 13.5. The Morgan fingerprint density at radius 2 is 1.37 bits per heavy atom. The van der Waals surface area contributed by atoms with Crippen LogP contribution in [-0.4, -0.2) is 191 Å². The fourth-order valence-electron chi connectivity index (χ4n) is 6.32. The van der Waals surface area contributed by atoms with Gasteiger partial charge in [0.25, 0.3) is 0 Å². The molecule has 0 spiro atoms. The molecule has 0 bridgehead atoms. The van der Waals surface area contributed by atoms with Crippen LogP contribution >= 0.6 is 14.6 Å². The molecule has 5 amide bonds. The fourth-order valence-corrected chi connectivity index (χ4v) is 8.35. The number of rotatable bonds is 26. The van der Waals surface area contributed by atoms with Crippen LogP contribution < -0.4 is 26.6 Å². The predicted molar refractivity (Wildman–Crippen MR) is 211 cm³/mol. The number of aliphatic hydroxyl groups is 4. The van der Waals surface area contributed by atoms with E-state index in [0.717, 1.165) is 20.8 Å². The molecule has 3 unspecified atom stereocenters. The van der Waals surface area contributed by atoms with Gasteiger partial charge in [-0.25, -0.2) is 13.9 Å². The van der Waals surface area contributed by atoms with Crippen LogP contribution in [0.3, 0.4) is 0 Å². The van der Waals surface area contributed by atoms with Crippen LogP contribution in [0.15, 0.2) is 0 Å². The first-order valence-corrected chi connectivity index (χ1v) is 23.5. The first kappa shape index (κ1) is 55.9. The third-order valence-corrected chi connectivity index (χ3v) is 13.9. The molecular formula is C34H61N5O22P2. The van der Waals surface area contributed by atoms with Gasteiger partial charge in [0, 0.05) is 47.6 Å². The fraction of sp³-hybridized carbons (Fsp3) is 0.824. The number of hydrogen-bond acceptors (Lipinski definition) is 19. The van der Waals surface area contributed by atoms with E-state index in [1.54, 1.807) is 0 Å². The summed E-state index contributed by atoms with van der Waals surface area (Å²) in [7, 11) is -9.06. The van der Waals surface area contributed by atoms with Crippen LogP contribution in [0.25, 0.3) is 0 Å². The second-order valence-corrected chi connectivity index (χ2v) is 20.1. The molecular weight excluding hydrogens is 892 g/mol. The van der Waals surface area contributed by atoms with Gasteiger partial charge in [-0.1, -0.05) is 0 Å². The maximum Gasteiger partial charge on any atom is 0.440 e. The molecule has 27 nitrogen and oxygen atoms in total. The highest BCUT2D eigenvalue weighted by atomic mass is 32.1. The lowest BCUT2D eigenvalue weighted by Gasteiger charge is -2.49. The van der Waals surface area contributed by atoms with Crippen molar-refractivity contribution in [3.63, 3.8) is 0 Å². The van der Waals surface area contributed by atoms with Crippen molar-refractivity contribution < 1.29 is 106 Å². The zero-order chi connectivity index (χ0) is 47.8. The highest BCUT2D eigenvalue weighted by molar-refractivity contribution is 8.26. The highest BCUT2D eigenvalue weighted by Gasteiger charge is 2.56. The monoisotopic (exact) mass is 953 g/mol. The van der Waals surface area contributed by atoms with Crippen molar-refractivity contribution in [3.8, 4) is 0 Å². The summed E-state index contributed by atoms with van der Waals surface area (Å²) in [5.74, 6) is -5.14. The van der Waals surface area contributed by atoms with Crippen molar-refractivity contribution in [2.45, 2.75) is 139 Å². The Morgan fingerprint density at radius 1 is 0.762 bits per heavy atom. The predicted octanol–water partition coefficient (Wildman–Crippen LogP) is -3.95. The van der Waals surface area contributed by atoms with Gasteiger partial charge in [-0.05, 0) is 39.5 Å². The molecule has 2 rings (SSSR count). The van der Waals surface area contributed by atoms with Gasteiger partial charge in [-0.15, -0.1) is 0 Å². The standard InChI is InChI=1S/C34H61N5O22P2/c1-16(30(47)35-12-9-11-23(44)39-20(32(49)50)10-7-8-13-55-5)36-31(48)17(2)57-29-25(38-19(4)43)34(61-63(53,54)62(51,52)56-6)59-22(15-41)28(29)60-33-24(37-18(3)42)27(46)26(45)21(14-40)58-33/h16-17,20-22,24-29,33-34,40-41,45-46H,7-15H2,1-6H3,(H,35,47)(H,36,48)(H,37,42)(H,38,43)(H,39,44)(H,49,50)(H,51,52)(H,53,54)/t16-,17+,20-,21+,22+,24+,25+,26+,27+,28?,29+,33-,34+/m0/s1. The van der Waals surface area contributed by atoms with E-state index < -0.39 is 143 Å². The summed E-state index contributed by atoms with van der Waals surface area (Å²) in [6, 6.07) is -5.85.